The monoisotopic (exact) mass is 346 g/mol. The molecular weight excluding hydrogens is 324 g/mol. The first kappa shape index (κ1) is 16.7. The molecule has 3 rings (SSSR count). The Hall–Kier alpha value is -2.15. The molecule has 1 N–H and O–H groups in total. The van der Waals surface area contributed by atoms with Crippen LogP contribution in [0.1, 0.15) is 36.3 Å². The Morgan fingerprint density at radius 3 is 2.96 bits per heavy atom. The van der Waals surface area contributed by atoms with Crippen LogP contribution >= 0.6 is 11.3 Å². The highest BCUT2D eigenvalue weighted by molar-refractivity contribution is 7.09. The van der Waals surface area contributed by atoms with Gasteiger partial charge in [0.05, 0.1) is 18.2 Å². The van der Waals surface area contributed by atoms with Crippen LogP contribution in [-0.2, 0) is 29.0 Å². The largest absolute Gasteiger partial charge is 0.355 e. The second-order valence-corrected chi connectivity index (χ2v) is 7.06. The van der Waals surface area contributed by atoms with E-state index in [0.29, 0.717) is 13.1 Å². The van der Waals surface area contributed by atoms with E-state index in [2.05, 4.69) is 20.9 Å². The van der Waals surface area contributed by atoms with Crippen LogP contribution in [0.3, 0.4) is 0 Å². The van der Waals surface area contributed by atoms with Gasteiger partial charge in [0.25, 0.3) is 0 Å². The lowest BCUT2D eigenvalue weighted by atomic mass is 10.2. The Morgan fingerprint density at radius 1 is 1.42 bits per heavy atom. The number of carbonyl (C=O) groups excluding carboxylic acids is 2. The second-order valence-electron chi connectivity index (χ2n) is 6.03. The average molecular weight is 346 g/mol. The third kappa shape index (κ3) is 3.67. The van der Waals surface area contributed by atoms with Crippen LogP contribution in [-0.4, -0.2) is 39.4 Å². The van der Waals surface area contributed by atoms with Crippen molar-refractivity contribution in [3.05, 3.63) is 40.1 Å². The summed E-state index contributed by atoms with van der Waals surface area (Å²) in [6.07, 6.45) is 3.06. The highest BCUT2D eigenvalue weighted by Crippen LogP contribution is 2.24. The van der Waals surface area contributed by atoms with Gasteiger partial charge in [0.2, 0.25) is 11.8 Å². The van der Waals surface area contributed by atoms with E-state index in [0.717, 1.165) is 24.5 Å². The van der Waals surface area contributed by atoms with E-state index in [1.165, 1.54) is 4.88 Å². The molecule has 0 bridgehead atoms. The normalized spacial score (nSPS) is 16.8. The first-order valence-electron chi connectivity index (χ1n) is 8.17. The highest BCUT2D eigenvalue weighted by atomic mass is 32.1. The van der Waals surface area contributed by atoms with Crippen molar-refractivity contribution in [2.45, 2.75) is 39.3 Å². The van der Waals surface area contributed by atoms with Crippen LogP contribution < -0.4 is 5.32 Å². The van der Waals surface area contributed by atoms with Gasteiger partial charge in [-0.15, -0.1) is 11.3 Å². The first-order valence-corrected chi connectivity index (χ1v) is 9.05. The summed E-state index contributed by atoms with van der Waals surface area (Å²) in [5, 5.41) is 4.98. The van der Waals surface area contributed by atoms with Gasteiger partial charge in [-0.05, 0) is 24.8 Å². The molecule has 2 aromatic heterocycles. The fraction of sp³-hybridized carbons (Fsp3) is 0.471. The first-order chi connectivity index (χ1) is 11.5. The van der Waals surface area contributed by atoms with Crippen LogP contribution in [0.4, 0.5) is 0 Å². The molecule has 1 aliphatic rings. The maximum Gasteiger partial charge on any atom is 0.226 e. The molecule has 3 heterocycles. The summed E-state index contributed by atoms with van der Waals surface area (Å²) in [6.45, 7) is 5.61. The Labute approximate surface area is 145 Å². The van der Waals surface area contributed by atoms with Crippen LogP contribution in [0, 0.1) is 0 Å². The molecule has 6 nitrogen and oxygen atoms in total. The van der Waals surface area contributed by atoms with Crippen molar-refractivity contribution in [2.75, 3.05) is 13.1 Å². The summed E-state index contributed by atoms with van der Waals surface area (Å²) in [6, 6.07) is 4.04. The number of rotatable bonds is 5. The number of nitrogens with one attached hydrogen (secondary N) is 1. The quantitative estimate of drug-likeness (QED) is 0.897. The van der Waals surface area contributed by atoms with E-state index in [9.17, 15) is 9.59 Å². The van der Waals surface area contributed by atoms with E-state index in [1.54, 1.807) is 18.3 Å². The van der Waals surface area contributed by atoms with Gasteiger partial charge in [-0.3, -0.25) is 9.59 Å². The molecule has 0 radical (unpaired) electrons. The number of carbonyl (C=O) groups is 2. The summed E-state index contributed by atoms with van der Waals surface area (Å²) < 4.78 is 2.05. The van der Waals surface area contributed by atoms with Crippen molar-refractivity contribution < 1.29 is 9.59 Å². The zero-order chi connectivity index (χ0) is 17.1. The Balaban J connectivity index is 1.55. The molecule has 2 aromatic rings. The summed E-state index contributed by atoms with van der Waals surface area (Å²) in [5.41, 5.74) is 0.760. The molecule has 2 amide bonds. The number of fused-ring (bicyclic) bond motifs is 1. The van der Waals surface area contributed by atoms with Gasteiger partial charge in [-0.1, -0.05) is 6.07 Å². The molecule has 1 unspecified atom stereocenters. The van der Waals surface area contributed by atoms with Gasteiger partial charge in [0.15, 0.2) is 0 Å². The fourth-order valence-corrected chi connectivity index (χ4v) is 3.78. The van der Waals surface area contributed by atoms with Crippen molar-refractivity contribution in [2.24, 2.45) is 0 Å². The lowest BCUT2D eigenvalue weighted by Gasteiger charge is -2.32. The maximum absolute atomic E-state index is 12.1. The van der Waals surface area contributed by atoms with Crippen molar-refractivity contribution in [3.63, 3.8) is 0 Å². The van der Waals surface area contributed by atoms with Gasteiger partial charge < -0.3 is 14.8 Å². The lowest BCUT2D eigenvalue weighted by Crippen LogP contribution is -2.39. The third-order valence-corrected chi connectivity index (χ3v) is 5.24. The minimum absolute atomic E-state index is 0.0157. The van der Waals surface area contributed by atoms with Crippen molar-refractivity contribution in [1.82, 2.24) is 19.8 Å². The Morgan fingerprint density at radius 2 is 2.25 bits per heavy atom. The van der Waals surface area contributed by atoms with Gasteiger partial charge in [0, 0.05) is 37.6 Å². The summed E-state index contributed by atoms with van der Waals surface area (Å²) in [4.78, 5) is 31.4. The number of hydrogen-bond donors (Lipinski definition) is 1. The van der Waals surface area contributed by atoms with E-state index < -0.39 is 0 Å². The number of nitrogens with zero attached hydrogens (tertiary/aromatic N) is 3. The standard InChI is InChI=1S/C17H22N4O2S/c1-12-17-19-14(11-20(17)7-8-21(12)13(2)22)10-16(23)18-6-5-15-4-3-9-24-15/h3-4,9,11-12H,5-8,10H2,1-2H3,(H,18,23). The molecule has 7 heteroatoms. The summed E-state index contributed by atoms with van der Waals surface area (Å²) in [5.74, 6) is 0.903. The zero-order valence-electron chi connectivity index (χ0n) is 14.0. The second kappa shape index (κ2) is 7.17. The van der Waals surface area contributed by atoms with Gasteiger partial charge in [-0.25, -0.2) is 4.98 Å². The van der Waals surface area contributed by atoms with Crippen molar-refractivity contribution in [1.29, 1.82) is 0 Å². The summed E-state index contributed by atoms with van der Waals surface area (Å²) in [7, 11) is 0. The van der Waals surface area contributed by atoms with Crippen LogP contribution in [0.15, 0.2) is 23.7 Å². The minimum Gasteiger partial charge on any atom is -0.355 e. The number of imidazole rings is 1. The molecule has 1 atom stereocenters. The van der Waals surface area contributed by atoms with Gasteiger partial charge in [0.1, 0.15) is 5.82 Å². The van der Waals surface area contributed by atoms with Crippen LogP contribution in [0.25, 0.3) is 0 Å². The molecule has 0 saturated heterocycles. The van der Waals surface area contributed by atoms with Crippen molar-refractivity contribution in [3.8, 4) is 0 Å². The average Bonchev–Trinajstić information content (AvgIpc) is 3.16. The van der Waals surface area contributed by atoms with Crippen LogP contribution in [0.2, 0.25) is 0 Å². The number of aromatic nitrogens is 2. The predicted octanol–water partition coefficient (Wildman–Crippen LogP) is 1.77. The van der Waals surface area contributed by atoms with E-state index in [-0.39, 0.29) is 24.3 Å². The summed E-state index contributed by atoms with van der Waals surface area (Å²) >= 11 is 1.70. The predicted molar refractivity (Wildman–Crippen MR) is 92.8 cm³/mol. The molecule has 128 valence electrons. The number of thiophene rings is 1. The van der Waals surface area contributed by atoms with E-state index >= 15 is 0 Å². The van der Waals surface area contributed by atoms with Crippen molar-refractivity contribution >= 4 is 23.2 Å². The molecule has 0 spiro atoms. The number of amides is 2. The van der Waals surface area contributed by atoms with Crippen LogP contribution in [0.5, 0.6) is 0 Å². The van der Waals surface area contributed by atoms with Gasteiger partial charge >= 0.3 is 0 Å². The highest BCUT2D eigenvalue weighted by Gasteiger charge is 2.27. The van der Waals surface area contributed by atoms with Gasteiger partial charge in [-0.2, -0.15) is 0 Å². The SMILES string of the molecule is CC(=O)N1CCn2cc(CC(=O)NCCc3cccs3)nc2C1C. The van der Waals surface area contributed by atoms with E-state index in [1.807, 2.05) is 29.5 Å². The minimum atomic E-state index is -0.0492. The number of hydrogen-bond acceptors (Lipinski definition) is 4. The maximum atomic E-state index is 12.1. The lowest BCUT2D eigenvalue weighted by molar-refractivity contribution is -0.132. The zero-order valence-corrected chi connectivity index (χ0v) is 14.8. The molecule has 0 aliphatic carbocycles. The van der Waals surface area contributed by atoms with E-state index in [4.69, 9.17) is 0 Å². The Kier molecular flexibility index (Phi) is 4.99. The smallest absolute Gasteiger partial charge is 0.226 e. The molecule has 0 aromatic carbocycles. The Bertz CT molecular complexity index is 723. The topological polar surface area (TPSA) is 67.2 Å². The third-order valence-electron chi connectivity index (χ3n) is 4.30. The molecule has 1 aliphatic heterocycles. The molecule has 24 heavy (non-hydrogen) atoms. The molecule has 0 saturated carbocycles. The molecule has 0 fully saturated rings. The molecular formula is C17H22N4O2S. The fourth-order valence-electron chi connectivity index (χ4n) is 3.07.